The Balaban J connectivity index is 2.76. The quantitative estimate of drug-likeness (QED) is 0.685. The Bertz CT molecular complexity index is 899. The molecule has 0 saturated heterocycles. The smallest absolute Gasteiger partial charge is 0.293 e. The molecule has 0 unspecified atom stereocenters. The molecule has 0 atom stereocenters. The third kappa shape index (κ3) is 4.34. The van der Waals surface area contributed by atoms with Crippen molar-refractivity contribution in [2.24, 2.45) is 0 Å². The van der Waals surface area contributed by atoms with E-state index in [2.05, 4.69) is 9.97 Å². The average molecular weight is 381 g/mol. The van der Waals surface area contributed by atoms with E-state index in [1.54, 1.807) is 0 Å². The largest absolute Gasteiger partial charge is 0.463 e. The Morgan fingerprint density at radius 2 is 1.85 bits per heavy atom. The summed E-state index contributed by atoms with van der Waals surface area (Å²) in [6, 6.07) is 5.60. The van der Waals surface area contributed by atoms with Crippen LogP contribution in [0.3, 0.4) is 0 Å². The van der Waals surface area contributed by atoms with Crippen molar-refractivity contribution in [2.75, 3.05) is 17.6 Å². The second-order valence-corrected chi connectivity index (χ2v) is 8.05. The molecule has 0 amide bonds. The minimum Gasteiger partial charge on any atom is -0.463 e. The van der Waals surface area contributed by atoms with Crippen LogP contribution in [0.1, 0.15) is 31.0 Å². The first kappa shape index (κ1) is 19.8. The van der Waals surface area contributed by atoms with Gasteiger partial charge in [-0.05, 0) is 30.2 Å². The fraction of sp³-hybridized carbons (Fsp3) is 0.353. The molecule has 0 aliphatic rings. The van der Waals surface area contributed by atoms with Crippen molar-refractivity contribution in [3.8, 4) is 11.3 Å². The Morgan fingerprint density at radius 3 is 2.35 bits per heavy atom. The van der Waals surface area contributed by atoms with Crippen LogP contribution >= 0.6 is 0 Å². The standard InChI is InChI=1S/C17H20FN3O4S/c1-11(2)15-14(9-25-10-22)16(12-5-7-13(18)8-6-12)20-17(19-15)21(3)26(4,23)24/h5-8,10-11H,9H2,1-4H3. The number of carbonyl (C=O) groups is 1. The number of aromatic nitrogens is 2. The van der Waals surface area contributed by atoms with Crippen LogP contribution in [0.2, 0.25) is 0 Å². The Kier molecular flexibility index (Phi) is 5.91. The van der Waals surface area contributed by atoms with Crippen molar-refractivity contribution in [2.45, 2.75) is 26.4 Å². The zero-order chi connectivity index (χ0) is 19.5. The maximum atomic E-state index is 13.3. The molecule has 2 rings (SSSR count). The van der Waals surface area contributed by atoms with Gasteiger partial charge in [0.05, 0.1) is 17.6 Å². The second kappa shape index (κ2) is 7.77. The van der Waals surface area contributed by atoms with Gasteiger partial charge in [-0.3, -0.25) is 4.79 Å². The summed E-state index contributed by atoms with van der Waals surface area (Å²) in [5.41, 5.74) is 2.04. The van der Waals surface area contributed by atoms with Gasteiger partial charge in [-0.15, -0.1) is 0 Å². The minimum absolute atomic E-state index is 0.00891. The molecule has 1 aromatic carbocycles. The molecule has 0 aliphatic carbocycles. The fourth-order valence-electron chi connectivity index (χ4n) is 2.36. The highest BCUT2D eigenvalue weighted by atomic mass is 32.2. The summed E-state index contributed by atoms with van der Waals surface area (Å²) in [6.45, 7) is 4.00. The number of ether oxygens (including phenoxy) is 1. The molecule has 9 heteroatoms. The van der Waals surface area contributed by atoms with Crippen molar-refractivity contribution in [3.63, 3.8) is 0 Å². The van der Waals surface area contributed by atoms with Crippen LogP contribution in [-0.4, -0.2) is 38.2 Å². The average Bonchev–Trinajstić information content (AvgIpc) is 2.58. The highest BCUT2D eigenvalue weighted by Gasteiger charge is 2.23. The lowest BCUT2D eigenvalue weighted by Gasteiger charge is -2.21. The van der Waals surface area contributed by atoms with Gasteiger partial charge in [-0.1, -0.05) is 13.8 Å². The molecule has 0 spiro atoms. The molecule has 26 heavy (non-hydrogen) atoms. The van der Waals surface area contributed by atoms with E-state index < -0.39 is 15.8 Å². The molecule has 140 valence electrons. The van der Waals surface area contributed by atoms with E-state index in [1.165, 1.54) is 31.3 Å². The summed E-state index contributed by atoms with van der Waals surface area (Å²) in [7, 11) is -2.22. The predicted octanol–water partition coefficient (Wildman–Crippen LogP) is 2.47. The van der Waals surface area contributed by atoms with Gasteiger partial charge in [0, 0.05) is 18.2 Å². The van der Waals surface area contributed by atoms with E-state index in [4.69, 9.17) is 4.74 Å². The first-order valence-electron chi connectivity index (χ1n) is 7.81. The van der Waals surface area contributed by atoms with Gasteiger partial charge in [-0.2, -0.15) is 0 Å². The maximum absolute atomic E-state index is 13.3. The summed E-state index contributed by atoms with van der Waals surface area (Å²) < 4.78 is 42.9. The summed E-state index contributed by atoms with van der Waals surface area (Å²) in [4.78, 5) is 19.4. The molecule has 7 nitrogen and oxygen atoms in total. The molecular formula is C17H20FN3O4S. The molecule has 0 radical (unpaired) electrons. The van der Waals surface area contributed by atoms with Crippen LogP contribution in [0.5, 0.6) is 0 Å². The number of anilines is 1. The lowest BCUT2D eigenvalue weighted by molar-refractivity contribution is -0.129. The number of carbonyl (C=O) groups excluding carboxylic acids is 1. The van der Waals surface area contributed by atoms with Crippen molar-refractivity contribution in [3.05, 3.63) is 41.3 Å². The van der Waals surface area contributed by atoms with Gasteiger partial charge in [0.15, 0.2) is 0 Å². The molecular weight excluding hydrogens is 361 g/mol. The summed E-state index contributed by atoms with van der Waals surface area (Å²) in [6.07, 6.45) is 1.05. The fourth-order valence-corrected chi connectivity index (χ4v) is 2.74. The number of hydrogen-bond acceptors (Lipinski definition) is 6. The maximum Gasteiger partial charge on any atom is 0.293 e. The van der Waals surface area contributed by atoms with Gasteiger partial charge < -0.3 is 4.74 Å². The number of hydrogen-bond donors (Lipinski definition) is 0. The van der Waals surface area contributed by atoms with Gasteiger partial charge in [-0.25, -0.2) is 27.1 Å². The second-order valence-electron chi connectivity index (χ2n) is 6.04. The van der Waals surface area contributed by atoms with E-state index in [9.17, 15) is 17.6 Å². The molecule has 1 heterocycles. The van der Waals surface area contributed by atoms with Gasteiger partial charge in [0.2, 0.25) is 16.0 Å². The normalized spacial score (nSPS) is 11.5. The predicted molar refractivity (Wildman–Crippen MR) is 95.6 cm³/mol. The molecule has 0 N–H and O–H groups in total. The van der Waals surface area contributed by atoms with Gasteiger partial charge in [0.1, 0.15) is 12.4 Å². The summed E-state index contributed by atoms with van der Waals surface area (Å²) >= 11 is 0. The molecule has 0 saturated carbocycles. The number of benzene rings is 1. The molecule has 0 aliphatic heterocycles. The van der Waals surface area contributed by atoms with Gasteiger partial charge in [0.25, 0.3) is 6.47 Å². The topological polar surface area (TPSA) is 89.5 Å². The van der Waals surface area contributed by atoms with Crippen molar-refractivity contribution in [1.82, 2.24) is 9.97 Å². The van der Waals surface area contributed by atoms with Crippen molar-refractivity contribution >= 4 is 22.4 Å². The van der Waals surface area contributed by atoms with E-state index in [0.29, 0.717) is 29.0 Å². The molecule has 2 aromatic rings. The lowest BCUT2D eigenvalue weighted by Crippen LogP contribution is -2.28. The monoisotopic (exact) mass is 381 g/mol. The number of nitrogens with zero attached hydrogens (tertiary/aromatic N) is 3. The highest BCUT2D eigenvalue weighted by molar-refractivity contribution is 7.92. The Hall–Kier alpha value is -2.55. The zero-order valence-corrected chi connectivity index (χ0v) is 15.7. The minimum atomic E-state index is -3.57. The Morgan fingerprint density at radius 1 is 1.23 bits per heavy atom. The van der Waals surface area contributed by atoms with Crippen LogP contribution in [-0.2, 0) is 26.2 Å². The molecule has 0 bridgehead atoms. The van der Waals surface area contributed by atoms with Crippen LogP contribution in [0.15, 0.2) is 24.3 Å². The Labute approximate surface area is 151 Å². The van der Waals surface area contributed by atoms with Crippen LogP contribution in [0.25, 0.3) is 11.3 Å². The van der Waals surface area contributed by atoms with Crippen LogP contribution in [0.4, 0.5) is 10.3 Å². The van der Waals surface area contributed by atoms with Crippen LogP contribution < -0.4 is 4.31 Å². The van der Waals surface area contributed by atoms with E-state index in [0.717, 1.165) is 10.6 Å². The third-order valence-electron chi connectivity index (χ3n) is 3.77. The molecule has 1 aromatic heterocycles. The van der Waals surface area contributed by atoms with Crippen molar-refractivity contribution in [1.29, 1.82) is 0 Å². The SMILES string of the molecule is CC(C)c1nc(N(C)S(C)(=O)=O)nc(-c2ccc(F)cc2)c1COC=O. The lowest BCUT2D eigenvalue weighted by atomic mass is 9.99. The summed E-state index contributed by atoms with van der Waals surface area (Å²) in [5.74, 6) is -0.509. The summed E-state index contributed by atoms with van der Waals surface area (Å²) in [5, 5.41) is 0. The first-order chi connectivity index (χ1) is 12.1. The van der Waals surface area contributed by atoms with E-state index in [1.807, 2.05) is 13.8 Å². The number of rotatable bonds is 7. The first-order valence-corrected chi connectivity index (χ1v) is 9.66. The molecule has 0 fully saturated rings. The van der Waals surface area contributed by atoms with Crippen molar-refractivity contribution < 1.29 is 22.3 Å². The number of halogens is 1. The third-order valence-corrected chi connectivity index (χ3v) is 4.92. The van der Waals surface area contributed by atoms with Gasteiger partial charge >= 0.3 is 0 Å². The zero-order valence-electron chi connectivity index (χ0n) is 14.9. The van der Waals surface area contributed by atoms with E-state index >= 15 is 0 Å². The van der Waals surface area contributed by atoms with Crippen LogP contribution in [0, 0.1) is 5.82 Å². The highest BCUT2D eigenvalue weighted by Crippen LogP contribution is 2.30. The number of sulfonamides is 1. The van der Waals surface area contributed by atoms with E-state index in [-0.39, 0.29) is 18.5 Å².